The van der Waals surface area contributed by atoms with Crippen molar-refractivity contribution in [2.24, 2.45) is 0 Å². The molecule has 0 bridgehead atoms. The summed E-state index contributed by atoms with van der Waals surface area (Å²) in [4.78, 5) is 23.0. The number of rotatable bonds is 5. The first-order chi connectivity index (χ1) is 16.8. The molecule has 1 atom stereocenters. The first-order valence-corrected chi connectivity index (χ1v) is 10.9. The number of anilines is 2. The predicted octanol–water partition coefficient (Wildman–Crippen LogP) is 4.58. The summed E-state index contributed by atoms with van der Waals surface area (Å²) in [6, 6.07) is 6.50. The number of halogens is 3. The maximum atomic E-state index is 12.9. The average molecular weight is 482 g/mol. The third-order valence-corrected chi connectivity index (χ3v) is 6.02. The Kier molecular flexibility index (Phi) is 5.75. The Balaban J connectivity index is 1.32. The van der Waals surface area contributed by atoms with E-state index in [1.807, 2.05) is 25.3 Å². The molecule has 0 saturated carbocycles. The van der Waals surface area contributed by atoms with Gasteiger partial charge in [0.05, 0.1) is 36.2 Å². The molecule has 1 aliphatic heterocycles. The second-order valence-corrected chi connectivity index (χ2v) is 8.35. The fourth-order valence-corrected chi connectivity index (χ4v) is 4.40. The molecule has 4 heterocycles. The van der Waals surface area contributed by atoms with Crippen LogP contribution in [-0.2, 0) is 0 Å². The Labute approximate surface area is 198 Å². The average Bonchev–Trinajstić information content (AvgIpc) is 3.45. The van der Waals surface area contributed by atoms with Crippen LogP contribution in [0.3, 0.4) is 0 Å². The molecule has 1 N–H and O–H groups in total. The maximum Gasteiger partial charge on any atom is 0.573 e. The molecule has 1 saturated heterocycles. The van der Waals surface area contributed by atoms with Crippen molar-refractivity contribution in [1.82, 2.24) is 19.6 Å². The Morgan fingerprint density at radius 1 is 1.14 bits per heavy atom. The van der Waals surface area contributed by atoms with E-state index >= 15 is 0 Å². The highest BCUT2D eigenvalue weighted by Gasteiger charge is 2.31. The van der Waals surface area contributed by atoms with E-state index in [1.165, 1.54) is 6.20 Å². The molecule has 1 aromatic carbocycles. The second-order valence-electron chi connectivity index (χ2n) is 8.35. The van der Waals surface area contributed by atoms with Crippen LogP contribution in [0.2, 0.25) is 0 Å². The van der Waals surface area contributed by atoms with Gasteiger partial charge >= 0.3 is 6.36 Å². The third kappa shape index (κ3) is 4.88. The van der Waals surface area contributed by atoms with E-state index in [1.54, 1.807) is 29.2 Å². The molecule has 0 spiro atoms. The maximum absolute atomic E-state index is 12.9. The summed E-state index contributed by atoms with van der Waals surface area (Å²) in [6.07, 6.45) is 5.37. The van der Waals surface area contributed by atoms with Gasteiger partial charge in [-0.15, -0.1) is 13.2 Å². The Morgan fingerprint density at radius 2 is 2.00 bits per heavy atom. The molecule has 1 aliphatic rings. The summed E-state index contributed by atoms with van der Waals surface area (Å²) in [5.74, 6) is -0.742. The zero-order valence-corrected chi connectivity index (χ0v) is 18.7. The van der Waals surface area contributed by atoms with Gasteiger partial charge in [-0.2, -0.15) is 5.10 Å². The number of carbonyl (C=O) groups excluding carboxylic acids is 1. The molecule has 1 fully saturated rings. The quantitative estimate of drug-likeness (QED) is 0.448. The van der Waals surface area contributed by atoms with E-state index in [0.717, 1.165) is 54.1 Å². The van der Waals surface area contributed by atoms with E-state index in [-0.39, 0.29) is 11.6 Å². The highest BCUT2D eigenvalue weighted by Crippen LogP contribution is 2.34. The lowest BCUT2D eigenvalue weighted by molar-refractivity contribution is -0.274. The minimum absolute atomic E-state index is 0.104. The Morgan fingerprint density at radius 3 is 2.83 bits per heavy atom. The van der Waals surface area contributed by atoms with Crippen molar-refractivity contribution in [2.75, 3.05) is 23.3 Å². The SMILES string of the molecule is Cc1ccc(C(=O)Nc2cncc(OC(F)(F)F)c2)cc1[C@@H]1CCN(c2cnn3ccncc23)C1. The normalized spacial score (nSPS) is 16.0. The third-order valence-electron chi connectivity index (χ3n) is 6.02. The standard InChI is InChI=1S/C24H21F3N6O2/c1-15-2-3-16(23(34)31-18-9-19(11-29-10-18)35-24(25,26)27)8-20(15)17-4-6-32(14-17)21-13-30-33-7-5-28-12-22(21)33/h2-3,5,7-13,17H,4,6,14H2,1H3,(H,31,34)/t17-/m1/s1. The van der Waals surface area contributed by atoms with Crippen molar-refractivity contribution in [3.8, 4) is 5.75 Å². The van der Waals surface area contributed by atoms with Crippen molar-refractivity contribution in [2.45, 2.75) is 25.6 Å². The molecule has 5 rings (SSSR count). The molecule has 8 nitrogen and oxygen atoms in total. The van der Waals surface area contributed by atoms with Crippen LogP contribution in [0.5, 0.6) is 5.75 Å². The van der Waals surface area contributed by atoms with E-state index in [2.05, 4.69) is 30.0 Å². The number of fused-ring (bicyclic) bond motifs is 1. The summed E-state index contributed by atoms with van der Waals surface area (Å²) < 4.78 is 43.1. The van der Waals surface area contributed by atoms with Crippen molar-refractivity contribution >= 4 is 22.8 Å². The smallest absolute Gasteiger partial charge is 0.404 e. The number of benzene rings is 1. The molecule has 180 valence electrons. The molecule has 35 heavy (non-hydrogen) atoms. The molecule has 0 unspecified atom stereocenters. The minimum atomic E-state index is -4.84. The van der Waals surface area contributed by atoms with Gasteiger partial charge in [0.1, 0.15) is 11.3 Å². The van der Waals surface area contributed by atoms with Crippen LogP contribution in [-0.4, -0.2) is 44.9 Å². The van der Waals surface area contributed by atoms with Gasteiger partial charge < -0.3 is 15.0 Å². The Hall–Kier alpha value is -4.15. The van der Waals surface area contributed by atoms with Crippen LogP contribution >= 0.6 is 0 Å². The van der Waals surface area contributed by atoms with E-state index in [0.29, 0.717) is 5.56 Å². The van der Waals surface area contributed by atoms with Gasteiger partial charge in [-0.3, -0.25) is 14.8 Å². The van der Waals surface area contributed by atoms with Crippen molar-refractivity contribution in [3.63, 3.8) is 0 Å². The monoisotopic (exact) mass is 482 g/mol. The van der Waals surface area contributed by atoms with E-state index in [4.69, 9.17) is 0 Å². The molecule has 11 heteroatoms. The number of aromatic nitrogens is 4. The number of hydrogen-bond acceptors (Lipinski definition) is 6. The largest absolute Gasteiger partial charge is 0.573 e. The number of nitrogens with one attached hydrogen (secondary N) is 1. The zero-order valence-electron chi connectivity index (χ0n) is 18.7. The predicted molar refractivity (Wildman–Crippen MR) is 123 cm³/mol. The van der Waals surface area contributed by atoms with Gasteiger partial charge in [0.15, 0.2) is 0 Å². The van der Waals surface area contributed by atoms with Gasteiger partial charge in [-0.1, -0.05) is 6.07 Å². The van der Waals surface area contributed by atoms with Crippen LogP contribution in [0.1, 0.15) is 33.8 Å². The number of amides is 1. The van der Waals surface area contributed by atoms with Gasteiger partial charge in [0.2, 0.25) is 0 Å². The summed E-state index contributed by atoms with van der Waals surface area (Å²) in [6.45, 7) is 3.61. The number of hydrogen-bond donors (Lipinski definition) is 1. The minimum Gasteiger partial charge on any atom is -0.404 e. The number of nitrogens with zero attached hydrogens (tertiary/aromatic N) is 5. The lowest BCUT2D eigenvalue weighted by Crippen LogP contribution is -2.19. The highest BCUT2D eigenvalue weighted by atomic mass is 19.4. The fraction of sp³-hybridized carbons (Fsp3) is 0.250. The number of ether oxygens (including phenoxy) is 1. The van der Waals surface area contributed by atoms with Crippen LogP contribution in [0.4, 0.5) is 24.5 Å². The number of pyridine rings is 1. The number of aryl methyl sites for hydroxylation is 1. The van der Waals surface area contributed by atoms with Crippen LogP contribution in [0.25, 0.3) is 5.52 Å². The summed E-state index contributed by atoms with van der Waals surface area (Å²) in [5, 5.41) is 6.98. The molecule has 3 aromatic heterocycles. The lowest BCUT2D eigenvalue weighted by atomic mass is 9.92. The summed E-state index contributed by atoms with van der Waals surface area (Å²) >= 11 is 0. The van der Waals surface area contributed by atoms with E-state index in [9.17, 15) is 18.0 Å². The van der Waals surface area contributed by atoms with Crippen LogP contribution < -0.4 is 15.0 Å². The molecular formula is C24H21F3N6O2. The first kappa shape index (κ1) is 22.6. The van der Waals surface area contributed by atoms with E-state index < -0.39 is 18.0 Å². The molecule has 0 aliphatic carbocycles. The molecule has 0 radical (unpaired) electrons. The highest BCUT2D eigenvalue weighted by molar-refractivity contribution is 6.04. The number of alkyl halides is 3. The summed E-state index contributed by atoms with van der Waals surface area (Å²) in [7, 11) is 0. The summed E-state index contributed by atoms with van der Waals surface area (Å²) in [5.41, 5.74) is 4.59. The topological polar surface area (TPSA) is 84.6 Å². The van der Waals surface area contributed by atoms with Gasteiger partial charge in [0.25, 0.3) is 5.91 Å². The zero-order chi connectivity index (χ0) is 24.6. The molecular weight excluding hydrogens is 461 g/mol. The van der Waals surface area contributed by atoms with Crippen LogP contribution in [0.15, 0.2) is 61.4 Å². The van der Waals surface area contributed by atoms with Gasteiger partial charge in [-0.05, 0) is 36.6 Å². The van der Waals surface area contributed by atoms with Crippen molar-refractivity contribution < 1.29 is 22.7 Å². The first-order valence-electron chi connectivity index (χ1n) is 10.9. The van der Waals surface area contributed by atoms with Crippen molar-refractivity contribution in [3.05, 3.63) is 78.1 Å². The lowest BCUT2D eigenvalue weighted by Gasteiger charge is -2.19. The Bertz CT molecular complexity index is 1390. The molecule has 4 aromatic rings. The van der Waals surface area contributed by atoms with Gasteiger partial charge in [0, 0.05) is 43.0 Å². The second kappa shape index (κ2) is 8.90. The number of carbonyl (C=O) groups is 1. The van der Waals surface area contributed by atoms with Crippen LogP contribution in [0, 0.1) is 6.92 Å². The van der Waals surface area contributed by atoms with Gasteiger partial charge in [-0.25, -0.2) is 4.52 Å². The molecule has 1 amide bonds. The fourth-order valence-electron chi connectivity index (χ4n) is 4.40. The van der Waals surface area contributed by atoms with Crippen molar-refractivity contribution in [1.29, 1.82) is 0 Å².